The summed E-state index contributed by atoms with van der Waals surface area (Å²) in [4.78, 5) is 25.9. The van der Waals surface area contributed by atoms with Gasteiger partial charge in [-0.25, -0.2) is 0 Å². The van der Waals surface area contributed by atoms with Gasteiger partial charge in [-0.15, -0.1) is 0 Å². The Morgan fingerprint density at radius 2 is 1.70 bits per heavy atom. The standard InChI is InChI=1S/C29H34N2O6/c1-3-28(16-32,17-33)31-26(36)20-7-5-19(6-8-20)23-15-22(10-4-18(23)2)30-27(37)29(12-13-29)21-9-11-24(34)25(35)14-21/h4-11,14-15,24-25,32-35H,3,12-13,16-17H2,1-2H3,(H,30,37)(H,31,36). The predicted molar refractivity (Wildman–Crippen MR) is 141 cm³/mol. The molecule has 2 aromatic rings. The second kappa shape index (κ2) is 10.6. The van der Waals surface area contributed by atoms with E-state index in [0.29, 0.717) is 30.5 Å². The Labute approximate surface area is 216 Å². The molecule has 6 N–H and O–H groups in total. The van der Waals surface area contributed by atoms with E-state index in [-0.39, 0.29) is 25.0 Å². The number of rotatable bonds is 9. The van der Waals surface area contributed by atoms with Crippen LogP contribution in [-0.2, 0) is 4.79 Å². The van der Waals surface area contributed by atoms with Gasteiger partial charge in [0.2, 0.25) is 5.91 Å². The van der Waals surface area contributed by atoms with Crippen molar-refractivity contribution in [3.63, 3.8) is 0 Å². The van der Waals surface area contributed by atoms with E-state index in [0.717, 1.165) is 22.3 Å². The molecule has 2 unspecified atom stereocenters. The number of carbonyl (C=O) groups is 2. The summed E-state index contributed by atoms with van der Waals surface area (Å²) in [5.74, 6) is -0.534. The van der Waals surface area contributed by atoms with Crippen molar-refractivity contribution in [3.05, 3.63) is 77.4 Å². The fourth-order valence-electron chi connectivity index (χ4n) is 4.56. The molecule has 0 aliphatic heterocycles. The summed E-state index contributed by atoms with van der Waals surface area (Å²) >= 11 is 0. The molecule has 8 heteroatoms. The highest BCUT2D eigenvalue weighted by molar-refractivity contribution is 6.00. The molecular weight excluding hydrogens is 472 g/mol. The zero-order valence-electron chi connectivity index (χ0n) is 21.1. The second-order valence-electron chi connectivity index (χ2n) is 10.0. The van der Waals surface area contributed by atoms with Crippen molar-refractivity contribution in [2.24, 2.45) is 5.41 Å². The molecule has 8 nitrogen and oxygen atoms in total. The maximum absolute atomic E-state index is 13.2. The van der Waals surface area contributed by atoms with Crippen LogP contribution >= 0.6 is 0 Å². The van der Waals surface area contributed by atoms with Crippen LogP contribution in [0.15, 0.2) is 66.3 Å². The highest BCUT2D eigenvalue weighted by Gasteiger charge is 2.52. The topological polar surface area (TPSA) is 139 Å². The molecular formula is C29H34N2O6. The average molecular weight is 507 g/mol. The third kappa shape index (κ3) is 5.38. The number of aliphatic hydroxyl groups excluding tert-OH is 4. The summed E-state index contributed by atoms with van der Waals surface area (Å²) in [5, 5.41) is 44.7. The lowest BCUT2D eigenvalue weighted by molar-refractivity contribution is -0.119. The monoisotopic (exact) mass is 506 g/mol. The van der Waals surface area contributed by atoms with Crippen LogP contribution < -0.4 is 10.6 Å². The van der Waals surface area contributed by atoms with Crippen molar-refractivity contribution < 1.29 is 30.0 Å². The van der Waals surface area contributed by atoms with E-state index in [1.54, 1.807) is 31.2 Å². The fourth-order valence-corrected chi connectivity index (χ4v) is 4.56. The SMILES string of the molecule is CCC(CO)(CO)NC(=O)c1ccc(-c2cc(NC(=O)C3(C4=CC(O)C(O)C=C4)CC3)ccc2C)cc1. The van der Waals surface area contributed by atoms with E-state index >= 15 is 0 Å². The summed E-state index contributed by atoms with van der Waals surface area (Å²) < 4.78 is 0. The van der Waals surface area contributed by atoms with Crippen LogP contribution in [0.25, 0.3) is 11.1 Å². The molecule has 2 atom stereocenters. The molecule has 0 saturated heterocycles. The summed E-state index contributed by atoms with van der Waals surface area (Å²) in [6, 6.07) is 12.7. The lowest BCUT2D eigenvalue weighted by atomic mass is 9.88. The number of nitrogens with one attached hydrogen (secondary N) is 2. The number of amides is 2. The summed E-state index contributed by atoms with van der Waals surface area (Å²) in [6.45, 7) is 3.02. The average Bonchev–Trinajstić information content (AvgIpc) is 3.72. The molecule has 0 aromatic heterocycles. The van der Waals surface area contributed by atoms with Gasteiger partial charge in [0.25, 0.3) is 5.91 Å². The van der Waals surface area contributed by atoms with Crippen molar-refractivity contribution >= 4 is 17.5 Å². The van der Waals surface area contributed by atoms with E-state index < -0.39 is 23.2 Å². The van der Waals surface area contributed by atoms with E-state index in [1.807, 2.05) is 37.3 Å². The number of hydrogen-bond acceptors (Lipinski definition) is 6. The number of aliphatic hydroxyl groups is 4. The van der Waals surface area contributed by atoms with Gasteiger partial charge in [-0.3, -0.25) is 9.59 Å². The highest BCUT2D eigenvalue weighted by atomic mass is 16.3. The van der Waals surface area contributed by atoms with Gasteiger partial charge in [0.05, 0.1) is 24.2 Å². The third-order valence-corrected chi connectivity index (χ3v) is 7.52. The fraction of sp³-hybridized carbons (Fsp3) is 0.379. The van der Waals surface area contributed by atoms with Crippen molar-refractivity contribution in [2.75, 3.05) is 18.5 Å². The molecule has 37 heavy (non-hydrogen) atoms. The largest absolute Gasteiger partial charge is 0.394 e. The van der Waals surface area contributed by atoms with Gasteiger partial charge in [-0.1, -0.05) is 37.3 Å². The Bertz CT molecular complexity index is 1220. The van der Waals surface area contributed by atoms with Gasteiger partial charge >= 0.3 is 0 Å². The minimum Gasteiger partial charge on any atom is -0.394 e. The first-order valence-corrected chi connectivity index (χ1v) is 12.5. The molecule has 2 aliphatic rings. The van der Waals surface area contributed by atoms with Gasteiger partial charge in [0.1, 0.15) is 12.2 Å². The number of carbonyl (C=O) groups excluding carboxylic acids is 2. The smallest absolute Gasteiger partial charge is 0.251 e. The minimum atomic E-state index is -1.07. The van der Waals surface area contributed by atoms with Crippen LogP contribution in [0.4, 0.5) is 5.69 Å². The first-order valence-electron chi connectivity index (χ1n) is 12.5. The zero-order chi connectivity index (χ0) is 26.8. The number of hydrogen-bond donors (Lipinski definition) is 6. The summed E-state index contributed by atoms with van der Waals surface area (Å²) in [6.07, 6.45) is 4.54. The van der Waals surface area contributed by atoms with Crippen LogP contribution in [0.2, 0.25) is 0 Å². The molecule has 0 heterocycles. The first kappa shape index (κ1) is 26.8. The molecule has 2 amide bonds. The van der Waals surface area contributed by atoms with Gasteiger partial charge in [-0.2, -0.15) is 0 Å². The van der Waals surface area contributed by atoms with Crippen molar-refractivity contribution in [2.45, 2.75) is 50.9 Å². The lowest BCUT2D eigenvalue weighted by Gasteiger charge is -2.29. The molecule has 1 saturated carbocycles. The number of anilines is 1. The Kier molecular flexibility index (Phi) is 7.66. The highest BCUT2D eigenvalue weighted by Crippen LogP contribution is 2.54. The number of benzene rings is 2. The summed E-state index contributed by atoms with van der Waals surface area (Å²) in [5.41, 5.74) is 2.76. The van der Waals surface area contributed by atoms with Crippen LogP contribution in [0.3, 0.4) is 0 Å². The Morgan fingerprint density at radius 1 is 1.03 bits per heavy atom. The molecule has 0 spiro atoms. The maximum Gasteiger partial charge on any atom is 0.251 e. The van der Waals surface area contributed by atoms with Gasteiger partial charge in [0, 0.05) is 11.3 Å². The Morgan fingerprint density at radius 3 is 2.27 bits per heavy atom. The number of aryl methyl sites for hydroxylation is 1. The van der Waals surface area contributed by atoms with Gasteiger partial charge < -0.3 is 31.1 Å². The summed E-state index contributed by atoms with van der Waals surface area (Å²) in [7, 11) is 0. The molecule has 0 radical (unpaired) electrons. The number of allylic oxidation sites excluding steroid dienone is 1. The Hall–Kier alpha value is -3.30. The second-order valence-corrected chi connectivity index (χ2v) is 10.0. The maximum atomic E-state index is 13.2. The Balaban J connectivity index is 1.50. The van der Waals surface area contributed by atoms with Crippen LogP contribution in [0, 0.1) is 12.3 Å². The van der Waals surface area contributed by atoms with Crippen LogP contribution in [0.5, 0.6) is 0 Å². The predicted octanol–water partition coefficient (Wildman–Crippen LogP) is 2.46. The van der Waals surface area contributed by atoms with Gasteiger partial charge in [-0.05, 0) is 78.8 Å². The van der Waals surface area contributed by atoms with E-state index in [9.17, 15) is 30.0 Å². The molecule has 196 valence electrons. The molecule has 1 fully saturated rings. The molecule has 2 aliphatic carbocycles. The molecule has 0 bridgehead atoms. The third-order valence-electron chi connectivity index (χ3n) is 7.52. The van der Waals surface area contributed by atoms with Crippen molar-refractivity contribution in [3.8, 4) is 11.1 Å². The zero-order valence-corrected chi connectivity index (χ0v) is 21.1. The first-order chi connectivity index (χ1) is 17.7. The van der Waals surface area contributed by atoms with Crippen LogP contribution in [0.1, 0.15) is 42.1 Å². The van der Waals surface area contributed by atoms with E-state index in [1.165, 1.54) is 6.08 Å². The molecule has 2 aromatic carbocycles. The van der Waals surface area contributed by atoms with Gasteiger partial charge in [0.15, 0.2) is 0 Å². The lowest BCUT2D eigenvalue weighted by Crippen LogP contribution is -2.53. The van der Waals surface area contributed by atoms with Crippen molar-refractivity contribution in [1.29, 1.82) is 0 Å². The van der Waals surface area contributed by atoms with Crippen molar-refractivity contribution in [1.82, 2.24) is 5.32 Å². The molecule has 4 rings (SSSR count). The van der Waals surface area contributed by atoms with E-state index in [2.05, 4.69) is 10.6 Å². The minimum absolute atomic E-state index is 0.152. The normalized spacial score (nSPS) is 20.2. The van der Waals surface area contributed by atoms with E-state index in [4.69, 9.17) is 0 Å². The van der Waals surface area contributed by atoms with Crippen LogP contribution in [-0.4, -0.2) is 63.2 Å². The quantitative estimate of drug-likeness (QED) is 0.309.